The zero-order valence-electron chi connectivity index (χ0n) is 10.8. The minimum atomic E-state index is -0.0358. The van der Waals surface area contributed by atoms with Crippen molar-refractivity contribution in [2.45, 2.75) is 25.3 Å². The van der Waals surface area contributed by atoms with Gasteiger partial charge < -0.3 is 15.1 Å². The predicted molar refractivity (Wildman–Crippen MR) is 73.9 cm³/mol. The fourth-order valence-corrected chi connectivity index (χ4v) is 2.52. The molecule has 1 aliphatic rings. The van der Waals surface area contributed by atoms with Gasteiger partial charge in [-0.1, -0.05) is 18.2 Å². The number of rotatable bonds is 4. The Morgan fingerprint density at radius 3 is 2.79 bits per heavy atom. The molecule has 1 aliphatic carbocycles. The molecule has 1 aromatic heterocycles. The van der Waals surface area contributed by atoms with Gasteiger partial charge in [0.05, 0.1) is 0 Å². The lowest BCUT2D eigenvalue weighted by molar-refractivity contribution is 0.0559. The van der Waals surface area contributed by atoms with Crippen molar-refractivity contribution in [2.24, 2.45) is 5.73 Å². The third-order valence-corrected chi connectivity index (χ3v) is 3.78. The van der Waals surface area contributed by atoms with Crippen LogP contribution in [-0.2, 0) is 0 Å². The van der Waals surface area contributed by atoms with Crippen LogP contribution in [0.5, 0.6) is 0 Å². The summed E-state index contributed by atoms with van der Waals surface area (Å²) in [4.78, 5) is 14.4. The quantitative estimate of drug-likeness (QED) is 0.916. The molecular formula is C15H18N2O2. The number of hydrogen-bond acceptors (Lipinski definition) is 3. The molecule has 0 spiro atoms. The summed E-state index contributed by atoms with van der Waals surface area (Å²) >= 11 is 0. The van der Waals surface area contributed by atoms with E-state index in [4.69, 9.17) is 10.2 Å². The van der Waals surface area contributed by atoms with Gasteiger partial charge >= 0.3 is 0 Å². The van der Waals surface area contributed by atoms with Crippen LogP contribution in [0.1, 0.15) is 29.8 Å². The molecule has 0 aliphatic heterocycles. The van der Waals surface area contributed by atoms with Gasteiger partial charge in [-0.05, 0) is 31.4 Å². The van der Waals surface area contributed by atoms with E-state index < -0.39 is 0 Å². The molecular weight excluding hydrogens is 240 g/mol. The highest BCUT2D eigenvalue weighted by atomic mass is 16.3. The van der Waals surface area contributed by atoms with Crippen molar-refractivity contribution in [1.29, 1.82) is 0 Å². The van der Waals surface area contributed by atoms with Crippen molar-refractivity contribution in [1.82, 2.24) is 4.90 Å². The summed E-state index contributed by atoms with van der Waals surface area (Å²) < 4.78 is 5.64. The molecule has 2 N–H and O–H groups in total. The molecule has 3 rings (SSSR count). The number of furan rings is 1. The molecule has 1 amide bonds. The second kappa shape index (κ2) is 5.05. The lowest BCUT2D eigenvalue weighted by atomic mass is 9.91. The molecule has 1 saturated carbocycles. The Kier molecular flexibility index (Phi) is 3.25. The summed E-state index contributed by atoms with van der Waals surface area (Å²) in [6.45, 7) is 1.09. The molecule has 0 radical (unpaired) electrons. The fraction of sp³-hybridized carbons (Fsp3) is 0.400. The van der Waals surface area contributed by atoms with E-state index in [0.29, 0.717) is 24.9 Å². The molecule has 2 aromatic rings. The van der Waals surface area contributed by atoms with Gasteiger partial charge in [0.1, 0.15) is 5.58 Å². The van der Waals surface area contributed by atoms with Crippen LogP contribution in [0.15, 0.2) is 34.7 Å². The molecule has 0 unspecified atom stereocenters. The average Bonchev–Trinajstić information content (AvgIpc) is 2.79. The van der Waals surface area contributed by atoms with E-state index in [1.165, 1.54) is 6.42 Å². The number of para-hydroxylation sites is 1. The van der Waals surface area contributed by atoms with Crippen LogP contribution in [0, 0.1) is 0 Å². The zero-order chi connectivity index (χ0) is 13.2. The first-order chi connectivity index (χ1) is 9.29. The van der Waals surface area contributed by atoms with Crippen molar-refractivity contribution < 1.29 is 9.21 Å². The summed E-state index contributed by atoms with van der Waals surface area (Å²) in [5, 5.41) is 0.965. The van der Waals surface area contributed by atoms with Crippen LogP contribution in [0.3, 0.4) is 0 Å². The summed E-state index contributed by atoms with van der Waals surface area (Å²) in [6, 6.07) is 9.83. The second-order valence-electron chi connectivity index (χ2n) is 5.02. The van der Waals surface area contributed by atoms with Crippen molar-refractivity contribution in [3.63, 3.8) is 0 Å². The van der Waals surface area contributed by atoms with Gasteiger partial charge in [-0.25, -0.2) is 0 Å². The smallest absolute Gasteiger partial charge is 0.289 e. The van der Waals surface area contributed by atoms with Gasteiger partial charge in [-0.2, -0.15) is 0 Å². The van der Waals surface area contributed by atoms with E-state index in [2.05, 4.69) is 0 Å². The van der Waals surface area contributed by atoms with Gasteiger partial charge in [-0.3, -0.25) is 4.79 Å². The maximum atomic E-state index is 12.5. The topological polar surface area (TPSA) is 59.5 Å². The standard InChI is InChI=1S/C15H18N2O2/c16-8-9-17(12-5-3-6-12)15(18)14-10-11-4-1-2-7-13(11)19-14/h1-2,4,7,10,12H,3,5-6,8-9,16H2. The monoisotopic (exact) mass is 258 g/mol. The number of hydrogen-bond donors (Lipinski definition) is 1. The number of nitrogens with zero attached hydrogens (tertiary/aromatic N) is 1. The molecule has 0 saturated heterocycles. The van der Waals surface area contributed by atoms with Crippen LogP contribution in [0.4, 0.5) is 0 Å². The third kappa shape index (κ3) is 2.24. The van der Waals surface area contributed by atoms with Crippen LogP contribution >= 0.6 is 0 Å². The maximum Gasteiger partial charge on any atom is 0.289 e. The third-order valence-electron chi connectivity index (χ3n) is 3.78. The number of benzene rings is 1. The minimum absolute atomic E-state index is 0.0358. The molecule has 4 heteroatoms. The first kappa shape index (κ1) is 12.2. The molecule has 1 aromatic carbocycles. The number of carbonyl (C=O) groups is 1. The van der Waals surface area contributed by atoms with E-state index in [9.17, 15) is 4.79 Å². The van der Waals surface area contributed by atoms with Crippen LogP contribution < -0.4 is 5.73 Å². The average molecular weight is 258 g/mol. The molecule has 0 bridgehead atoms. The van der Waals surface area contributed by atoms with Gasteiger partial charge in [0.15, 0.2) is 5.76 Å². The Balaban J connectivity index is 1.87. The predicted octanol–water partition coefficient (Wildman–Crippen LogP) is 2.39. The van der Waals surface area contributed by atoms with Crippen molar-refractivity contribution in [3.05, 3.63) is 36.1 Å². The van der Waals surface area contributed by atoms with Crippen molar-refractivity contribution >= 4 is 16.9 Å². The largest absolute Gasteiger partial charge is 0.451 e. The number of amides is 1. The Labute approximate surface area is 112 Å². The number of carbonyl (C=O) groups excluding carboxylic acids is 1. The van der Waals surface area contributed by atoms with Gasteiger partial charge in [0.2, 0.25) is 0 Å². The first-order valence-corrected chi connectivity index (χ1v) is 6.79. The lowest BCUT2D eigenvalue weighted by Crippen LogP contribution is -2.46. The number of nitrogens with two attached hydrogens (primary N) is 1. The second-order valence-corrected chi connectivity index (χ2v) is 5.02. The normalized spacial score (nSPS) is 15.4. The Morgan fingerprint density at radius 2 is 2.16 bits per heavy atom. The molecule has 1 fully saturated rings. The SMILES string of the molecule is NCCN(C(=O)c1cc2ccccc2o1)C1CCC1. The van der Waals surface area contributed by atoms with E-state index in [0.717, 1.165) is 23.8 Å². The van der Waals surface area contributed by atoms with Crippen LogP contribution in [0.2, 0.25) is 0 Å². The summed E-state index contributed by atoms with van der Waals surface area (Å²) in [7, 11) is 0. The summed E-state index contributed by atoms with van der Waals surface area (Å²) in [5.74, 6) is 0.382. The lowest BCUT2D eigenvalue weighted by Gasteiger charge is -2.36. The van der Waals surface area contributed by atoms with Gasteiger partial charge in [0.25, 0.3) is 5.91 Å². The molecule has 0 atom stereocenters. The maximum absolute atomic E-state index is 12.5. The fourth-order valence-electron chi connectivity index (χ4n) is 2.52. The summed E-state index contributed by atoms with van der Waals surface area (Å²) in [6.07, 6.45) is 3.34. The molecule has 19 heavy (non-hydrogen) atoms. The minimum Gasteiger partial charge on any atom is -0.451 e. The molecule has 4 nitrogen and oxygen atoms in total. The van der Waals surface area contributed by atoms with Crippen LogP contribution in [-0.4, -0.2) is 29.9 Å². The molecule has 100 valence electrons. The Bertz CT molecular complexity index is 554. The highest BCUT2D eigenvalue weighted by Crippen LogP contribution is 2.27. The van der Waals surface area contributed by atoms with E-state index in [-0.39, 0.29) is 5.91 Å². The first-order valence-electron chi connectivity index (χ1n) is 6.79. The van der Waals surface area contributed by atoms with E-state index in [1.54, 1.807) is 0 Å². The zero-order valence-corrected chi connectivity index (χ0v) is 10.8. The van der Waals surface area contributed by atoms with Crippen molar-refractivity contribution in [3.8, 4) is 0 Å². The van der Waals surface area contributed by atoms with Gasteiger partial charge in [0, 0.05) is 24.5 Å². The Morgan fingerprint density at radius 1 is 1.37 bits per heavy atom. The highest BCUT2D eigenvalue weighted by molar-refractivity contribution is 5.96. The van der Waals surface area contributed by atoms with Crippen LogP contribution in [0.25, 0.3) is 11.0 Å². The summed E-state index contributed by atoms with van der Waals surface area (Å²) in [5.41, 5.74) is 6.37. The van der Waals surface area contributed by atoms with Crippen molar-refractivity contribution in [2.75, 3.05) is 13.1 Å². The van der Waals surface area contributed by atoms with E-state index in [1.807, 2.05) is 35.2 Å². The number of fused-ring (bicyclic) bond motifs is 1. The molecule has 1 heterocycles. The highest BCUT2D eigenvalue weighted by Gasteiger charge is 2.30. The van der Waals surface area contributed by atoms with E-state index >= 15 is 0 Å². The Hall–Kier alpha value is -1.81. The van der Waals surface area contributed by atoms with Gasteiger partial charge in [-0.15, -0.1) is 0 Å².